The Morgan fingerprint density at radius 1 is 1.00 bits per heavy atom. The smallest absolute Gasteiger partial charge is 0.225 e. The zero-order valence-corrected chi connectivity index (χ0v) is 13.9. The summed E-state index contributed by atoms with van der Waals surface area (Å²) in [6, 6.07) is 8.08. The number of carbonyl (C=O) groups excluding carboxylic acids is 1. The summed E-state index contributed by atoms with van der Waals surface area (Å²) in [6.07, 6.45) is 5.74. The van der Waals surface area contributed by atoms with Crippen molar-refractivity contribution < 1.29 is 4.79 Å². The molecule has 0 spiro atoms. The molecule has 0 atom stereocenters. The molecule has 3 rings (SSSR count). The Labute approximate surface area is 138 Å². The summed E-state index contributed by atoms with van der Waals surface area (Å²) in [7, 11) is 0. The zero-order valence-electron chi connectivity index (χ0n) is 13.1. The van der Waals surface area contributed by atoms with Gasteiger partial charge in [-0.3, -0.25) is 9.69 Å². The number of nitrogens with zero attached hydrogens (tertiary/aromatic N) is 2. The van der Waals surface area contributed by atoms with Gasteiger partial charge < -0.3 is 4.90 Å². The van der Waals surface area contributed by atoms with Gasteiger partial charge in [-0.25, -0.2) is 0 Å². The van der Waals surface area contributed by atoms with Crippen molar-refractivity contribution in [2.45, 2.75) is 38.6 Å². The van der Waals surface area contributed by atoms with E-state index in [0.29, 0.717) is 11.8 Å². The average molecular weight is 321 g/mol. The molecular weight excluding hydrogens is 296 g/mol. The van der Waals surface area contributed by atoms with Gasteiger partial charge in [-0.15, -0.1) is 0 Å². The number of benzene rings is 1. The van der Waals surface area contributed by atoms with E-state index >= 15 is 0 Å². The summed E-state index contributed by atoms with van der Waals surface area (Å²) in [6.45, 7) is 4.79. The van der Waals surface area contributed by atoms with Gasteiger partial charge in [-0.05, 0) is 37.0 Å². The molecule has 1 amide bonds. The van der Waals surface area contributed by atoms with Crippen molar-refractivity contribution >= 4 is 17.5 Å². The van der Waals surface area contributed by atoms with E-state index in [4.69, 9.17) is 11.6 Å². The van der Waals surface area contributed by atoms with E-state index < -0.39 is 0 Å². The van der Waals surface area contributed by atoms with Crippen molar-refractivity contribution in [3.8, 4) is 0 Å². The molecule has 1 saturated carbocycles. The number of hydrogen-bond acceptors (Lipinski definition) is 2. The van der Waals surface area contributed by atoms with Crippen LogP contribution in [0.25, 0.3) is 0 Å². The molecule has 3 nitrogen and oxygen atoms in total. The molecule has 1 saturated heterocycles. The third-order valence-corrected chi connectivity index (χ3v) is 5.18. The average Bonchev–Trinajstić information content (AvgIpc) is 2.96. The lowest BCUT2D eigenvalue weighted by Crippen LogP contribution is -2.38. The predicted molar refractivity (Wildman–Crippen MR) is 89.9 cm³/mol. The molecule has 1 heterocycles. The molecule has 0 N–H and O–H groups in total. The minimum Gasteiger partial charge on any atom is -0.341 e. The normalized spacial score (nSPS) is 21.0. The Balaban J connectivity index is 1.53. The number of halogens is 1. The second-order valence-electron chi connectivity index (χ2n) is 6.56. The van der Waals surface area contributed by atoms with Crippen molar-refractivity contribution in [1.82, 2.24) is 9.80 Å². The first-order valence-electron chi connectivity index (χ1n) is 8.48. The highest BCUT2D eigenvalue weighted by molar-refractivity contribution is 6.30. The number of hydrogen-bond donors (Lipinski definition) is 0. The predicted octanol–water partition coefficient (Wildman–Crippen LogP) is 3.56. The van der Waals surface area contributed by atoms with Crippen LogP contribution in [0.3, 0.4) is 0 Å². The van der Waals surface area contributed by atoms with E-state index in [1.807, 2.05) is 12.1 Å². The summed E-state index contributed by atoms with van der Waals surface area (Å²) < 4.78 is 0. The Morgan fingerprint density at radius 2 is 1.73 bits per heavy atom. The summed E-state index contributed by atoms with van der Waals surface area (Å²) in [5, 5.41) is 0.785. The second-order valence-corrected chi connectivity index (χ2v) is 7.00. The Morgan fingerprint density at radius 3 is 2.45 bits per heavy atom. The van der Waals surface area contributed by atoms with Crippen LogP contribution in [0.4, 0.5) is 0 Å². The van der Waals surface area contributed by atoms with E-state index in [-0.39, 0.29) is 0 Å². The molecule has 1 aromatic rings. The zero-order chi connectivity index (χ0) is 15.4. The third-order valence-electron chi connectivity index (χ3n) is 4.92. The van der Waals surface area contributed by atoms with Crippen LogP contribution in [0.5, 0.6) is 0 Å². The summed E-state index contributed by atoms with van der Waals surface area (Å²) in [5.74, 6) is 0.716. The van der Waals surface area contributed by atoms with Crippen LogP contribution in [0.1, 0.15) is 37.7 Å². The molecule has 2 aliphatic rings. The molecule has 2 fully saturated rings. The van der Waals surface area contributed by atoms with Crippen LogP contribution in [-0.4, -0.2) is 41.9 Å². The highest BCUT2D eigenvalue weighted by Crippen LogP contribution is 2.27. The molecule has 120 valence electrons. The van der Waals surface area contributed by atoms with Gasteiger partial charge in [0.25, 0.3) is 0 Å². The number of amides is 1. The van der Waals surface area contributed by atoms with Gasteiger partial charge in [0, 0.05) is 43.7 Å². The van der Waals surface area contributed by atoms with Crippen LogP contribution >= 0.6 is 11.6 Å². The first kappa shape index (κ1) is 15.8. The van der Waals surface area contributed by atoms with Gasteiger partial charge >= 0.3 is 0 Å². The fourth-order valence-corrected chi connectivity index (χ4v) is 3.75. The molecule has 0 radical (unpaired) electrons. The van der Waals surface area contributed by atoms with Crippen LogP contribution in [0.15, 0.2) is 24.3 Å². The first-order chi connectivity index (χ1) is 10.7. The summed E-state index contributed by atoms with van der Waals surface area (Å²) in [5.41, 5.74) is 1.29. The molecular formula is C18H25ClN2O. The van der Waals surface area contributed by atoms with Crippen LogP contribution in [0, 0.1) is 5.92 Å². The van der Waals surface area contributed by atoms with E-state index in [0.717, 1.165) is 57.0 Å². The van der Waals surface area contributed by atoms with Gasteiger partial charge in [0.2, 0.25) is 5.91 Å². The first-order valence-corrected chi connectivity index (χ1v) is 8.86. The maximum absolute atomic E-state index is 12.5. The monoisotopic (exact) mass is 320 g/mol. The lowest BCUT2D eigenvalue weighted by atomic mass is 10.1. The summed E-state index contributed by atoms with van der Waals surface area (Å²) >= 11 is 5.94. The quantitative estimate of drug-likeness (QED) is 0.850. The lowest BCUT2D eigenvalue weighted by Gasteiger charge is -2.24. The lowest BCUT2D eigenvalue weighted by molar-refractivity contribution is -0.135. The van der Waals surface area contributed by atoms with Crippen molar-refractivity contribution in [3.05, 3.63) is 34.9 Å². The molecule has 0 aromatic heterocycles. The maximum Gasteiger partial charge on any atom is 0.225 e. The highest BCUT2D eigenvalue weighted by atomic mass is 35.5. The molecule has 4 heteroatoms. The summed E-state index contributed by atoms with van der Waals surface area (Å²) in [4.78, 5) is 17.1. The fraction of sp³-hybridized carbons (Fsp3) is 0.611. The number of rotatable bonds is 3. The van der Waals surface area contributed by atoms with Crippen molar-refractivity contribution in [2.24, 2.45) is 5.92 Å². The molecule has 0 bridgehead atoms. The molecule has 1 aromatic carbocycles. The van der Waals surface area contributed by atoms with Crippen LogP contribution in [0.2, 0.25) is 5.02 Å². The Hall–Kier alpha value is -1.06. The standard InChI is InChI=1S/C18H25ClN2O/c19-17-8-6-15(7-9-17)14-20-10-3-11-21(13-12-20)18(22)16-4-1-2-5-16/h6-9,16H,1-5,10-14H2. The van der Waals surface area contributed by atoms with Crippen molar-refractivity contribution in [2.75, 3.05) is 26.2 Å². The van der Waals surface area contributed by atoms with Crippen LogP contribution in [-0.2, 0) is 11.3 Å². The largest absolute Gasteiger partial charge is 0.341 e. The van der Waals surface area contributed by atoms with E-state index in [9.17, 15) is 4.79 Å². The van der Waals surface area contributed by atoms with Gasteiger partial charge in [0.15, 0.2) is 0 Å². The van der Waals surface area contributed by atoms with Gasteiger partial charge in [-0.1, -0.05) is 36.6 Å². The van der Waals surface area contributed by atoms with Gasteiger partial charge in [-0.2, -0.15) is 0 Å². The minimum absolute atomic E-state index is 0.308. The molecule has 1 aliphatic carbocycles. The van der Waals surface area contributed by atoms with Gasteiger partial charge in [0.1, 0.15) is 0 Å². The van der Waals surface area contributed by atoms with Gasteiger partial charge in [0.05, 0.1) is 0 Å². The molecule has 1 aliphatic heterocycles. The molecule has 22 heavy (non-hydrogen) atoms. The van der Waals surface area contributed by atoms with Crippen LogP contribution < -0.4 is 0 Å². The maximum atomic E-state index is 12.5. The topological polar surface area (TPSA) is 23.6 Å². The fourth-order valence-electron chi connectivity index (χ4n) is 3.63. The molecule has 0 unspecified atom stereocenters. The van der Waals surface area contributed by atoms with E-state index in [1.165, 1.54) is 18.4 Å². The Kier molecular flexibility index (Phi) is 5.37. The minimum atomic E-state index is 0.308. The highest BCUT2D eigenvalue weighted by Gasteiger charge is 2.28. The SMILES string of the molecule is O=C(C1CCCC1)N1CCCN(Cc2ccc(Cl)cc2)CC1. The van der Waals surface area contributed by atoms with Crippen molar-refractivity contribution in [3.63, 3.8) is 0 Å². The van der Waals surface area contributed by atoms with E-state index in [2.05, 4.69) is 21.9 Å². The third kappa shape index (κ3) is 4.02. The number of carbonyl (C=O) groups is 1. The second kappa shape index (κ2) is 7.47. The van der Waals surface area contributed by atoms with E-state index in [1.54, 1.807) is 0 Å². The van der Waals surface area contributed by atoms with Crippen molar-refractivity contribution in [1.29, 1.82) is 0 Å². The Bertz CT molecular complexity index is 496.